The SMILES string of the molecule is NCC(c1ccccn1)c1cc(-c2ccccc2)n[nH]1. The molecule has 20 heavy (non-hydrogen) atoms. The molecular formula is C16H16N4. The monoisotopic (exact) mass is 264 g/mol. The van der Waals surface area contributed by atoms with Gasteiger partial charge in [0.1, 0.15) is 0 Å². The third kappa shape index (κ3) is 2.46. The van der Waals surface area contributed by atoms with Crippen LogP contribution >= 0.6 is 0 Å². The molecule has 2 heterocycles. The van der Waals surface area contributed by atoms with Crippen LogP contribution in [0, 0.1) is 0 Å². The van der Waals surface area contributed by atoms with Crippen molar-refractivity contribution < 1.29 is 0 Å². The molecule has 3 rings (SSSR count). The van der Waals surface area contributed by atoms with Gasteiger partial charge in [-0.05, 0) is 18.2 Å². The maximum Gasteiger partial charge on any atom is 0.0923 e. The highest BCUT2D eigenvalue weighted by atomic mass is 15.1. The summed E-state index contributed by atoms with van der Waals surface area (Å²) >= 11 is 0. The summed E-state index contributed by atoms with van der Waals surface area (Å²) in [5, 5.41) is 7.46. The number of rotatable bonds is 4. The number of hydrogen-bond donors (Lipinski definition) is 2. The predicted molar refractivity (Wildman–Crippen MR) is 79.2 cm³/mol. The smallest absolute Gasteiger partial charge is 0.0923 e. The lowest BCUT2D eigenvalue weighted by Crippen LogP contribution is -2.15. The van der Waals surface area contributed by atoms with Gasteiger partial charge >= 0.3 is 0 Å². The second kappa shape index (κ2) is 5.67. The predicted octanol–water partition coefficient (Wildman–Crippen LogP) is 2.56. The Bertz CT molecular complexity index is 661. The van der Waals surface area contributed by atoms with E-state index in [-0.39, 0.29) is 5.92 Å². The molecule has 4 nitrogen and oxygen atoms in total. The number of nitrogens with two attached hydrogens (primary N) is 1. The second-order valence-electron chi connectivity index (χ2n) is 4.62. The van der Waals surface area contributed by atoms with Gasteiger partial charge in [0.2, 0.25) is 0 Å². The Morgan fingerprint density at radius 1 is 1.05 bits per heavy atom. The number of H-pyrrole nitrogens is 1. The Hall–Kier alpha value is -2.46. The van der Waals surface area contributed by atoms with Crippen LogP contribution in [0.15, 0.2) is 60.8 Å². The molecule has 0 aliphatic rings. The molecule has 4 heteroatoms. The summed E-state index contributed by atoms with van der Waals surface area (Å²) in [6, 6.07) is 18.0. The number of hydrogen-bond acceptors (Lipinski definition) is 3. The highest BCUT2D eigenvalue weighted by Gasteiger charge is 2.16. The molecule has 100 valence electrons. The van der Waals surface area contributed by atoms with Crippen molar-refractivity contribution in [1.82, 2.24) is 15.2 Å². The summed E-state index contributed by atoms with van der Waals surface area (Å²) in [6.45, 7) is 0.493. The average molecular weight is 264 g/mol. The van der Waals surface area contributed by atoms with E-state index in [0.29, 0.717) is 6.54 Å². The Labute approximate surface area is 117 Å². The van der Waals surface area contributed by atoms with Crippen LogP contribution in [0.4, 0.5) is 0 Å². The van der Waals surface area contributed by atoms with Gasteiger partial charge in [-0.15, -0.1) is 0 Å². The lowest BCUT2D eigenvalue weighted by atomic mass is 10.00. The van der Waals surface area contributed by atoms with E-state index in [1.807, 2.05) is 54.6 Å². The molecule has 0 amide bonds. The van der Waals surface area contributed by atoms with Gasteiger partial charge in [-0.1, -0.05) is 36.4 Å². The molecule has 0 saturated carbocycles. The largest absolute Gasteiger partial charge is 0.329 e. The summed E-state index contributed by atoms with van der Waals surface area (Å²) in [6.07, 6.45) is 1.78. The van der Waals surface area contributed by atoms with Crippen LogP contribution in [0.5, 0.6) is 0 Å². The third-order valence-electron chi connectivity index (χ3n) is 3.32. The molecule has 0 fully saturated rings. The topological polar surface area (TPSA) is 67.6 Å². The lowest BCUT2D eigenvalue weighted by molar-refractivity contribution is 0.753. The first-order valence-electron chi connectivity index (χ1n) is 6.60. The van der Waals surface area contributed by atoms with Crippen molar-refractivity contribution in [1.29, 1.82) is 0 Å². The van der Waals surface area contributed by atoms with Gasteiger partial charge in [0.05, 0.1) is 17.3 Å². The van der Waals surface area contributed by atoms with Crippen molar-refractivity contribution in [3.8, 4) is 11.3 Å². The van der Waals surface area contributed by atoms with Crippen molar-refractivity contribution in [3.05, 3.63) is 72.2 Å². The van der Waals surface area contributed by atoms with Crippen LogP contribution in [0.2, 0.25) is 0 Å². The zero-order valence-corrected chi connectivity index (χ0v) is 11.0. The lowest BCUT2D eigenvalue weighted by Gasteiger charge is -2.11. The fraction of sp³-hybridized carbons (Fsp3) is 0.125. The van der Waals surface area contributed by atoms with E-state index in [0.717, 1.165) is 22.6 Å². The highest BCUT2D eigenvalue weighted by molar-refractivity contribution is 5.59. The second-order valence-corrected chi connectivity index (χ2v) is 4.62. The Morgan fingerprint density at radius 2 is 1.85 bits per heavy atom. The summed E-state index contributed by atoms with van der Waals surface area (Å²) in [5.41, 5.74) is 9.86. The van der Waals surface area contributed by atoms with Crippen molar-refractivity contribution >= 4 is 0 Å². The number of nitrogens with one attached hydrogen (secondary N) is 1. The molecule has 1 aromatic carbocycles. The summed E-state index contributed by atoms with van der Waals surface area (Å²) in [5.74, 6) is 0.0427. The van der Waals surface area contributed by atoms with Gasteiger partial charge in [-0.3, -0.25) is 10.1 Å². The molecule has 0 spiro atoms. The van der Waals surface area contributed by atoms with Crippen molar-refractivity contribution in [2.45, 2.75) is 5.92 Å². The van der Waals surface area contributed by atoms with Crippen LogP contribution in [-0.4, -0.2) is 21.7 Å². The Morgan fingerprint density at radius 3 is 2.55 bits per heavy atom. The van der Waals surface area contributed by atoms with Crippen molar-refractivity contribution in [3.63, 3.8) is 0 Å². The summed E-state index contributed by atoms with van der Waals surface area (Å²) in [4.78, 5) is 4.38. The zero-order chi connectivity index (χ0) is 13.8. The normalized spacial score (nSPS) is 12.2. The number of benzene rings is 1. The number of nitrogens with zero attached hydrogens (tertiary/aromatic N) is 2. The minimum Gasteiger partial charge on any atom is -0.329 e. The molecule has 0 saturated heterocycles. The molecule has 2 aromatic heterocycles. The molecule has 3 aromatic rings. The van der Waals surface area contributed by atoms with E-state index in [1.54, 1.807) is 6.20 Å². The van der Waals surface area contributed by atoms with Gasteiger partial charge < -0.3 is 5.73 Å². The molecule has 1 unspecified atom stereocenters. The minimum atomic E-state index is 0.0427. The number of aromatic nitrogens is 3. The van der Waals surface area contributed by atoms with Gasteiger partial charge in [0, 0.05) is 24.0 Å². The van der Waals surface area contributed by atoms with Gasteiger partial charge in [-0.2, -0.15) is 5.10 Å². The van der Waals surface area contributed by atoms with Crippen LogP contribution in [-0.2, 0) is 0 Å². The van der Waals surface area contributed by atoms with Gasteiger partial charge in [0.15, 0.2) is 0 Å². The van der Waals surface area contributed by atoms with Crippen molar-refractivity contribution in [2.75, 3.05) is 6.54 Å². The fourth-order valence-corrected chi connectivity index (χ4v) is 2.26. The maximum absolute atomic E-state index is 5.90. The molecule has 0 aliphatic heterocycles. The molecule has 0 radical (unpaired) electrons. The van der Waals surface area contributed by atoms with Crippen LogP contribution in [0.3, 0.4) is 0 Å². The van der Waals surface area contributed by atoms with E-state index < -0.39 is 0 Å². The molecule has 1 atom stereocenters. The summed E-state index contributed by atoms with van der Waals surface area (Å²) in [7, 11) is 0. The first-order chi connectivity index (χ1) is 9.88. The average Bonchev–Trinajstić information content (AvgIpc) is 3.00. The fourth-order valence-electron chi connectivity index (χ4n) is 2.26. The molecule has 3 N–H and O–H groups in total. The highest BCUT2D eigenvalue weighted by Crippen LogP contribution is 2.24. The first kappa shape index (κ1) is 12.6. The van der Waals surface area contributed by atoms with Crippen LogP contribution in [0.25, 0.3) is 11.3 Å². The molecule has 0 aliphatic carbocycles. The van der Waals surface area contributed by atoms with Crippen LogP contribution < -0.4 is 5.73 Å². The Balaban J connectivity index is 1.93. The van der Waals surface area contributed by atoms with Gasteiger partial charge in [-0.25, -0.2) is 0 Å². The quantitative estimate of drug-likeness (QED) is 0.761. The Kier molecular flexibility index (Phi) is 3.56. The maximum atomic E-state index is 5.90. The van der Waals surface area contributed by atoms with Crippen molar-refractivity contribution in [2.24, 2.45) is 5.73 Å². The number of pyridine rings is 1. The third-order valence-corrected chi connectivity index (χ3v) is 3.32. The van der Waals surface area contributed by atoms with E-state index in [9.17, 15) is 0 Å². The van der Waals surface area contributed by atoms with E-state index in [4.69, 9.17) is 5.73 Å². The summed E-state index contributed by atoms with van der Waals surface area (Å²) < 4.78 is 0. The van der Waals surface area contributed by atoms with E-state index in [1.165, 1.54) is 0 Å². The minimum absolute atomic E-state index is 0.0427. The van der Waals surface area contributed by atoms with E-state index in [2.05, 4.69) is 15.2 Å². The molecule has 0 bridgehead atoms. The number of aromatic amines is 1. The zero-order valence-electron chi connectivity index (χ0n) is 11.0. The van der Waals surface area contributed by atoms with E-state index >= 15 is 0 Å². The van der Waals surface area contributed by atoms with Gasteiger partial charge in [0.25, 0.3) is 0 Å². The molecular weight excluding hydrogens is 248 g/mol. The van der Waals surface area contributed by atoms with Crippen LogP contribution in [0.1, 0.15) is 17.3 Å². The standard InChI is InChI=1S/C16H16N4/c17-11-13(14-8-4-5-9-18-14)16-10-15(19-20-16)12-6-2-1-3-7-12/h1-10,13H,11,17H2,(H,19,20). The first-order valence-corrected chi connectivity index (χ1v) is 6.60.